The zero-order chi connectivity index (χ0) is 17.6. The summed E-state index contributed by atoms with van der Waals surface area (Å²) < 4.78 is 4.97. The van der Waals surface area contributed by atoms with Gasteiger partial charge in [-0.25, -0.2) is 0 Å². The van der Waals surface area contributed by atoms with Gasteiger partial charge in [-0.1, -0.05) is 30.3 Å². The van der Waals surface area contributed by atoms with Gasteiger partial charge in [0.25, 0.3) is 5.91 Å². The van der Waals surface area contributed by atoms with Gasteiger partial charge in [-0.05, 0) is 24.3 Å². The Morgan fingerprint density at radius 3 is 2.60 bits per heavy atom. The van der Waals surface area contributed by atoms with Gasteiger partial charge in [-0.2, -0.15) is 0 Å². The molecule has 0 aliphatic carbocycles. The summed E-state index contributed by atoms with van der Waals surface area (Å²) >= 11 is 1.32. The van der Waals surface area contributed by atoms with Crippen molar-refractivity contribution < 1.29 is 19.1 Å². The number of thioether (sulfide) groups is 1. The third-order valence-electron chi connectivity index (χ3n) is 3.48. The average Bonchev–Trinajstić information content (AvgIpc) is 2.61. The van der Waals surface area contributed by atoms with Crippen molar-refractivity contribution in [1.29, 1.82) is 0 Å². The summed E-state index contributed by atoms with van der Waals surface area (Å²) in [4.78, 5) is 36.7. The lowest BCUT2D eigenvalue weighted by Crippen LogP contribution is -2.32. The molecule has 6 nitrogen and oxygen atoms in total. The lowest BCUT2D eigenvalue weighted by atomic mass is 10.2. The van der Waals surface area contributed by atoms with Gasteiger partial charge in [0.1, 0.15) is 0 Å². The second-order valence-corrected chi connectivity index (χ2v) is 6.62. The summed E-state index contributed by atoms with van der Waals surface area (Å²) in [6.07, 6.45) is -0.0938. The highest BCUT2D eigenvalue weighted by molar-refractivity contribution is 8.01. The molecule has 3 rings (SSSR count). The van der Waals surface area contributed by atoms with E-state index in [0.29, 0.717) is 5.69 Å². The number of nitrogens with one attached hydrogen (secondary N) is 2. The molecule has 2 N–H and O–H groups in total. The van der Waals surface area contributed by atoms with Crippen molar-refractivity contribution in [2.75, 3.05) is 17.2 Å². The molecular formula is C18H16N2O4S. The van der Waals surface area contributed by atoms with E-state index in [0.717, 1.165) is 10.6 Å². The predicted molar refractivity (Wildman–Crippen MR) is 95.4 cm³/mol. The fourth-order valence-corrected chi connectivity index (χ4v) is 3.40. The maximum atomic E-state index is 12.1. The summed E-state index contributed by atoms with van der Waals surface area (Å²) in [6, 6.07) is 16.3. The number of amides is 2. The van der Waals surface area contributed by atoms with E-state index < -0.39 is 17.1 Å². The highest BCUT2D eigenvalue weighted by Crippen LogP contribution is 2.36. The first-order valence-corrected chi connectivity index (χ1v) is 8.57. The van der Waals surface area contributed by atoms with E-state index in [2.05, 4.69) is 10.6 Å². The summed E-state index contributed by atoms with van der Waals surface area (Å²) in [5, 5.41) is 4.82. The van der Waals surface area contributed by atoms with Crippen molar-refractivity contribution in [3.63, 3.8) is 0 Å². The molecule has 0 saturated carbocycles. The van der Waals surface area contributed by atoms with Crippen LogP contribution in [0.4, 0.5) is 11.4 Å². The van der Waals surface area contributed by atoms with Crippen molar-refractivity contribution in [1.82, 2.24) is 0 Å². The standard InChI is InChI=1S/C18H16N2O4S/c21-16(19-12-6-2-1-3-7-12)11-24-17(22)10-15-18(23)20-13-8-4-5-9-14(13)25-15/h1-9,15H,10-11H2,(H,19,21)(H,20,23)/t15-/m0/s1. The van der Waals surface area contributed by atoms with Gasteiger partial charge in [-0.3, -0.25) is 14.4 Å². The van der Waals surface area contributed by atoms with Gasteiger partial charge in [0.15, 0.2) is 6.61 Å². The number of ether oxygens (including phenoxy) is 1. The molecule has 2 aromatic carbocycles. The minimum atomic E-state index is -0.588. The number of para-hydroxylation sites is 2. The third-order valence-corrected chi connectivity index (χ3v) is 4.76. The zero-order valence-electron chi connectivity index (χ0n) is 13.2. The number of benzene rings is 2. The Kier molecular flexibility index (Phi) is 5.35. The van der Waals surface area contributed by atoms with Gasteiger partial charge in [0, 0.05) is 10.6 Å². The fourth-order valence-electron chi connectivity index (χ4n) is 2.30. The van der Waals surface area contributed by atoms with Crippen LogP contribution >= 0.6 is 11.8 Å². The monoisotopic (exact) mass is 356 g/mol. The van der Waals surface area contributed by atoms with Crippen molar-refractivity contribution in [3.05, 3.63) is 54.6 Å². The number of carbonyl (C=O) groups excluding carboxylic acids is 3. The van der Waals surface area contributed by atoms with Crippen LogP contribution in [0.1, 0.15) is 6.42 Å². The summed E-state index contributed by atoms with van der Waals surface area (Å²) in [7, 11) is 0. The van der Waals surface area contributed by atoms with Crippen LogP contribution in [-0.4, -0.2) is 29.6 Å². The van der Waals surface area contributed by atoms with Gasteiger partial charge < -0.3 is 15.4 Å². The van der Waals surface area contributed by atoms with E-state index in [4.69, 9.17) is 4.74 Å². The van der Waals surface area contributed by atoms with Crippen molar-refractivity contribution >= 4 is 40.9 Å². The molecule has 25 heavy (non-hydrogen) atoms. The quantitative estimate of drug-likeness (QED) is 0.805. The molecule has 1 heterocycles. The molecule has 1 aliphatic rings. The van der Waals surface area contributed by atoms with Crippen LogP contribution < -0.4 is 10.6 Å². The predicted octanol–water partition coefficient (Wildman–Crippen LogP) is 2.67. The molecule has 2 amide bonds. The molecule has 0 aromatic heterocycles. The minimum Gasteiger partial charge on any atom is -0.456 e. The van der Waals surface area contributed by atoms with E-state index in [1.165, 1.54) is 11.8 Å². The van der Waals surface area contributed by atoms with E-state index in [1.807, 2.05) is 30.3 Å². The molecule has 0 bridgehead atoms. The van der Waals surface area contributed by atoms with Crippen LogP contribution in [0.5, 0.6) is 0 Å². The topological polar surface area (TPSA) is 84.5 Å². The third kappa shape index (κ3) is 4.60. The largest absolute Gasteiger partial charge is 0.456 e. The first kappa shape index (κ1) is 17.0. The Bertz CT molecular complexity index is 795. The second-order valence-electron chi connectivity index (χ2n) is 5.37. The summed E-state index contributed by atoms with van der Waals surface area (Å²) in [5.41, 5.74) is 1.37. The Balaban J connectivity index is 1.48. The highest BCUT2D eigenvalue weighted by Gasteiger charge is 2.29. The Morgan fingerprint density at radius 2 is 1.80 bits per heavy atom. The maximum Gasteiger partial charge on any atom is 0.307 e. The molecule has 0 spiro atoms. The van der Waals surface area contributed by atoms with Crippen LogP contribution in [0.2, 0.25) is 0 Å². The van der Waals surface area contributed by atoms with Crippen LogP contribution in [-0.2, 0) is 19.1 Å². The Hall–Kier alpha value is -2.80. The lowest BCUT2D eigenvalue weighted by Gasteiger charge is -2.23. The molecular weight excluding hydrogens is 340 g/mol. The van der Waals surface area contributed by atoms with Gasteiger partial charge in [0.2, 0.25) is 5.91 Å². The molecule has 7 heteroatoms. The molecule has 2 aromatic rings. The van der Waals surface area contributed by atoms with Gasteiger partial charge in [0.05, 0.1) is 17.4 Å². The van der Waals surface area contributed by atoms with E-state index in [1.54, 1.807) is 24.3 Å². The normalized spacial score (nSPS) is 15.7. The molecule has 0 unspecified atom stereocenters. The zero-order valence-corrected chi connectivity index (χ0v) is 14.0. The van der Waals surface area contributed by atoms with Crippen molar-refractivity contribution in [3.8, 4) is 0 Å². The van der Waals surface area contributed by atoms with Crippen molar-refractivity contribution in [2.24, 2.45) is 0 Å². The number of carbonyl (C=O) groups is 3. The summed E-state index contributed by atoms with van der Waals surface area (Å²) in [5.74, 6) is -1.25. The number of rotatable bonds is 5. The lowest BCUT2D eigenvalue weighted by molar-refractivity contribution is -0.147. The maximum absolute atomic E-state index is 12.1. The average molecular weight is 356 g/mol. The molecule has 128 valence electrons. The number of anilines is 2. The Labute approximate surface area is 148 Å². The first-order chi connectivity index (χ1) is 12.1. The number of hydrogen-bond acceptors (Lipinski definition) is 5. The fraction of sp³-hybridized carbons (Fsp3) is 0.167. The van der Waals surface area contributed by atoms with E-state index >= 15 is 0 Å². The van der Waals surface area contributed by atoms with Crippen molar-refractivity contribution in [2.45, 2.75) is 16.6 Å². The highest BCUT2D eigenvalue weighted by atomic mass is 32.2. The smallest absolute Gasteiger partial charge is 0.307 e. The van der Waals surface area contributed by atoms with Gasteiger partial charge >= 0.3 is 5.97 Å². The van der Waals surface area contributed by atoms with Gasteiger partial charge in [-0.15, -0.1) is 11.8 Å². The molecule has 0 saturated heterocycles. The van der Waals surface area contributed by atoms with E-state index in [-0.39, 0.29) is 18.9 Å². The van der Waals surface area contributed by atoms with E-state index in [9.17, 15) is 14.4 Å². The summed E-state index contributed by atoms with van der Waals surface area (Å²) in [6.45, 7) is -0.386. The molecule has 1 atom stereocenters. The molecule has 0 fully saturated rings. The SMILES string of the molecule is O=C(COC(=O)C[C@@H]1Sc2ccccc2NC1=O)Nc1ccccc1. The Morgan fingerprint density at radius 1 is 1.08 bits per heavy atom. The number of hydrogen-bond donors (Lipinski definition) is 2. The van der Waals surface area contributed by atoms with Crippen LogP contribution in [0.3, 0.4) is 0 Å². The van der Waals surface area contributed by atoms with Crippen LogP contribution in [0.15, 0.2) is 59.5 Å². The molecule has 1 aliphatic heterocycles. The first-order valence-electron chi connectivity index (χ1n) is 7.69. The van der Waals surface area contributed by atoms with Crippen LogP contribution in [0.25, 0.3) is 0 Å². The minimum absolute atomic E-state index is 0.0938. The number of esters is 1. The van der Waals surface area contributed by atoms with Crippen LogP contribution in [0, 0.1) is 0 Å². The molecule has 0 radical (unpaired) electrons. The second kappa shape index (κ2) is 7.85. The number of fused-ring (bicyclic) bond motifs is 1.